The molecule has 1 N–H and O–H groups in total. The number of carbonyl (C=O) groups excluding carboxylic acids is 1. The zero-order valence-electron chi connectivity index (χ0n) is 13.7. The van der Waals surface area contributed by atoms with Crippen molar-refractivity contribution >= 4 is 15.9 Å². The van der Waals surface area contributed by atoms with Crippen LogP contribution in [0.4, 0.5) is 0 Å². The van der Waals surface area contributed by atoms with Crippen LogP contribution >= 0.6 is 0 Å². The standard InChI is InChI=1S/C17H24N2O3S/c1-5-11-19(12-6-2)17(20)9-10-18-23(21,22)16-8-7-14(3)15(4)13-16/h5-8,13,18H,1-2,9-12H2,3-4H3. The van der Waals surface area contributed by atoms with Crippen molar-refractivity contribution in [3.05, 3.63) is 54.6 Å². The van der Waals surface area contributed by atoms with Crippen LogP contribution < -0.4 is 4.72 Å². The minimum absolute atomic E-state index is 0.0544. The maximum absolute atomic E-state index is 12.2. The molecule has 23 heavy (non-hydrogen) atoms. The molecule has 1 amide bonds. The Morgan fingerprint density at radius 1 is 1.17 bits per heavy atom. The summed E-state index contributed by atoms with van der Waals surface area (Å²) >= 11 is 0. The Labute approximate surface area is 138 Å². The lowest BCUT2D eigenvalue weighted by atomic mass is 10.1. The van der Waals surface area contributed by atoms with Gasteiger partial charge in [-0.2, -0.15) is 0 Å². The van der Waals surface area contributed by atoms with Gasteiger partial charge < -0.3 is 4.90 Å². The first-order chi connectivity index (χ1) is 10.8. The van der Waals surface area contributed by atoms with Crippen molar-refractivity contribution in [2.45, 2.75) is 25.2 Å². The first-order valence-corrected chi connectivity index (χ1v) is 8.86. The number of rotatable bonds is 9. The fourth-order valence-electron chi connectivity index (χ4n) is 2.00. The Balaban J connectivity index is 2.65. The molecular formula is C17H24N2O3S. The zero-order valence-corrected chi connectivity index (χ0v) is 14.5. The molecule has 0 atom stereocenters. The van der Waals surface area contributed by atoms with Gasteiger partial charge in [-0.15, -0.1) is 13.2 Å². The summed E-state index contributed by atoms with van der Waals surface area (Å²) in [5.41, 5.74) is 1.94. The Kier molecular flexibility index (Phi) is 7.19. The summed E-state index contributed by atoms with van der Waals surface area (Å²) in [5.74, 6) is -0.146. The second kappa shape index (κ2) is 8.64. The molecule has 0 heterocycles. The van der Waals surface area contributed by atoms with Crippen LogP contribution in [0.1, 0.15) is 17.5 Å². The van der Waals surface area contributed by atoms with Gasteiger partial charge in [0.15, 0.2) is 0 Å². The van der Waals surface area contributed by atoms with Gasteiger partial charge >= 0.3 is 0 Å². The van der Waals surface area contributed by atoms with Crippen LogP contribution in [-0.4, -0.2) is 38.9 Å². The fourth-order valence-corrected chi connectivity index (χ4v) is 3.12. The summed E-state index contributed by atoms with van der Waals surface area (Å²) in [4.78, 5) is 13.8. The molecule has 0 aliphatic heterocycles. The van der Waals surface area contributed by atoms with Crippen LogP contribution in [0.25, 0.3) is 0 Å². The molecule has 0 aromatic heterocycles. The minimum Gasteiger partial charge on any atom is -0.335 e. The Hall–Kier alpha value is -1.92. The molecule has 0 bridgehead atoms. The van der Waals surface area contributed by atoms with Crippen molar-refractivity contribution in [2.75, 3.05) is 19.6 Å². The zero-order chi connectivity index (χ0) is 17.5. The van der Waals surface area contributed by atoms with Crippen molar-refractivity contribution in [1.29, 1.82) is 0 Å². The lowest BCUT2D eigenvalue weighted by molar-refractivity contribution is -0.130. The summed E-state index contributed by atoms with van der Waals surface area (Å²) in [5, 5.41) is 0. The normalized spacial score (nSPS) is 11.0. The van der Waals surface area contributed by atoms with Gasteiger partial charge in [-0.05, 0) is 37.1 Å². The Morgan fingerprint density at radius 2 is 1.78 bits per heavy atom. The van der Waals surface area contributed by atoms with E-state index in [2.05, 4.69) is 17.9 Å². The fraction of sp³-hybridized carbons (Fsp3) is 0.353. The highest BCUT2D eigenvalue weighted by Gasteiger charge is 2.16. The highest BCUT2D eigenvalue weighted by Crippen LogP contribution is 2.14. The molecule has 0 radical (unpaired) electrons. The molecule has 5 nitrogen and oxygen atoms in total. The van der Waals surface area contributed by atoms with E-state index < -0.39 is 10.0 Å². The third-order valence-corrected chi connectivity index (χ3v) is 4.93. The summed E-state index contributed by atoms with van der Waals surface area (Å²) in [7, 11) is -3.61. The molecular weight excluding hydrogens is 312 g/mol. The maximum Gasteiger partial charge on any atom is 0.240 e. The molecule has 0 saturated heterocycles. The van der Waals surface area contributed by atoms with E-state index in [1.807, 2.05) is 13.8 Å². The molecule has 0 aliphatic carbocycles. The van der Waals surface area contributed by atoms with Crippen LogP contribution in [0.3, 0.4) is 0 Å². The number of nitrogens with one attached hydrogen (secondary N) is 1. The number of hydrogen-bond acceptors (Lipinski definition) is 3. The summed E-state index contributed by atoms with van der Waals surface area (Å²) in [6.45, 7) is 11.9. The number of carbonyl (C=O) groups is 1. The van der Waals surface area contributed by atoms with Crippen molar-refractivity contribution in [1.82, 2.24) is 9.62 Å². The van der Waals surface area contributed by atoms with Crippen LogP contribution in [0, 0.1) is 13.8 Å². The predicted molar refractivity (Wildman–Crippen MR) is 92.7 cm³/mol. The SMILES string of the molecule is C=CCN(CC=C)C(=O)CCNS(=O)(=O)c1ccc(C)c(C)c1. The summed E-state index contributed by atoms with van der Waals surface area (Å²) < 4.78 is 26.9. The Bertz CT molecular complexity index is 671. The maximum atomic E-state index is 12.2. The van der Waals surface area contributed by atoms with E-state index in [9.17, 15) is 13.2 Å². The number of nitrogens with zero attached hydrogens (tertiary/aromatic N) is 1. The largest absolute Gasteiger partial charge is 0.335 e. The molecule has 6 heteroatoms. The van der Waals surface area contributed by atoms with Crippen LogP contribution in [0.15, 0.2) is 48.4 Å². The smallest absolute Gasteiger partial charge is 0.240 e. The molecule has 1 aromatic carbocycles. The molecule has 0 spiro atoms. The van der Waals surface area contributed by atoms with Crippen molar-refractivity contribution < 1.29 is 13.2 Å². The lowest BCUT2D eigenvalue weighted by Crippen LogP contribution is -2.34. The average Bonchev–Trinajstić information content (AvgIpc) is 2.49. The van der Waals surface area contributed by atoms with Crippen molar-refractivity contribution in [2.24, 2.45) is 0 Å². The molecule has 126 valence electrons. The predicted octanol–water partition coefficient (Wildman–Crippen LogP) is 2.17. The van der Waals surface area contributed by atoms with E-state index in [1.165, 1.54) is 0 Å². The number of aryl methyl sites for hydroxylation is 2. The van der Waals surface area contributed by atoms with Gasteiger partial charge in [0.1, 0.15) is 0 Å². The van der Waals surface area contributed by atoms with Crippen LogP contribution in [0.2, 0.25) is 0 Å². The third-order valence-electron chi connectivity index (χ3n) is 3.47. The lowest BCUT2D eigenvalue weighted by Gasteiger charge is -2.19. The number of sulfonamides is 1. The third kappa shape index (κ3) is 5.65. The van der Waals surface area contributed by atoms with Gasteiger partial charge in [0.25, 0.3) is 0 Å². The van der Waals surface area contributed by atoms with E-state index in [4.69, 9.17) is 0 Å². The van der Waals surface area contributed by atoms with Crippen molar-refractivity contribution in [3.63, 3.8) is 0 Å². The molecule has 1 aromatic rings. The molecule has 0 unspecified atom stereocenters. The summed E-state index contributed by atoms with van der Waals surface area (Å²) in [6, 6.07) is 4.96. The molecule has 0 fully saturated rings. The first-order valence-electron chi connectivity index (χ1n) is 7.38. The molecule has 0 aliphatic rings. The highest BCUT2D eigenvalue weighted by molar-refractivity contribution is 7.89. The van der Waals surface area contributed by atoms with Crippen LogP contribution in [0.5, 0.6) is 0 Å². The van der Waals surface area contributed by atoms with Gasteiger partial charge in [0.2, 0.25) is 15.9 Å². The van der Waals surface area contributed by atoms with Gasteiger partial charge in [-0.1, -0.05) is 18.2 Å². The van der Waals surface area contributed by atoms with E-state index in [1.54, 1.807) is 35.3 Å². The molecule has 0 saturated carbocycles. The second-order valence-electron chi connectivity index (χ2n) is 5.27. The van der Waals surface area contributed by atoms with Gasteiger partial charge in [0, 0.05) is 26.1 Å². The van der Waals surface area contributed by atoms with E-state index in [0.717, 1.165) is 11.1 Å². The minimum atomic E-state index is -3.61. The van der Waals surface area contributed by atoms with Crippen molar-refractivity contribution in [3.8, 4) is 0 Å². The van der Waals surface area contributed by atoms with E-state index in [0.29, 0.717) is 13.1 Å². The quantitative estimate of drug-likeness (QED) is 0.703. The topological polar surface area (TPSA) is 66.5 Å². The highest BCUT2D eigenvalue weighted by atomic mass is 32.2. The monoisotopic (exact) mass is 336 g/mol. The number of amides is 1. The van der Waals surface area contributed by atoms with Gasteiger partial charge in [-0.3, -0.25) is 4.79 Å². The molecule has 1 rings (SSSR count). The second-order valence-corrected chi connectivity index (χ2v) is 7.04. The number of benzene rings is 1. The Morgan fingerprint density at radius 3 is 2.30 bits per heavy atom. The van der Waals surface area contributed by atoms with Gasteiger partial charge in [-0.25, -0.2) is 13.1 Å². The summed E-state index contributed by atoms with van der Waals surface area (Å²) in [6.07, 6.45) is 3.34. The van der Waals surface area contributed by atoms with Crippen LogP contribution in [-0.2, 0) is 14.8 Å². The first kappa shape index (κ1) is 19.1. The average molecular weight is 336 g/mol. The van der Waals surface area contributed by atoms with Gasteiger partial charge in [0.05, 0.1) is 4.90 Å². The van der Waals surface area contributed by atoms with E-state index >= 15 is 0 Å². The van der Waals surface area contributed by atoms with E-state index in [-0.39, 0.29) is 23.8 Å². The number of hydrogen-bond donors (Lipinski definition) is 1.